The van der Waals surface area contributed by atoms with E-state index >= 15 is 0 Å². The van der Waals surface area contributed by atoms with Crippen LogP contribution >= 0.6 is 0 Å². The van der Waals surface area contributed by atoms with E-state index in [2.05, 4.69) is 25.1 Å². The van der Waals surface area contributed by atoms with Gasteiger partial charge >= 0.3 is 0 Å². The van der Waals surface area contributed by atoms with E-state index in [0.717, 1.165) is 28.3 Å². The van der Waals surface area contributed by atoms with Gasteiger partial charge in [0.05, 0.1) is 23.4 Å². The second-order valence-corrected chi connectivity index (χ2v) is 6.87. The number of benzene rings is 1. The molecule has 0 saturated carbocycles. The normalized spacial score (nSPS) is 12.1. The predicted molar refractivity (Wildman–Crippen MR) is 108 cm³/mol. The molecule has 1 aromatic carbocycles. The summed E-state index contributed by atoms with van der Waals surface area (Å²) in [5.74, 6) is -0.294. The van der Waals surface area contributed by atoms with Crippen molar-refractivity contribution in [2.75, 3.05) is 0 Å². The first-order valence-electron chi connectivity index (χ1n) is 9.25. The Balaban J connectivity index is 1.67. The zero-order valence-corrected chi connectivity index (χ0v) is 15.9. The average Bonchev–Trinajstić information content (AvgIpc) is 3.39. The summed E-state index contributed by atoms with van der Waals surface area (Å²) in [6.45, 7) is 2.04. The van der Waals surface area contributed by atoms with Gasteiger partial charge in [-0.3, -0.25) is 5.10 Å². The van der Waals surface area contributed by atoms with Crippen molar-refractivity contribution in [1.29, 1.82) is 5.41 Å². The van der Waals surface area contributed by atoms with Gasteiger partial charge in [-0.1, -0.05) is 0 Å². The van der Waals surface area contributed by atoms with Gasteiger partial charge in [-0.05, 0) is 43.3 Å². The van der Waals surface area contributed by atoms with Crippen LogP contribution in [0.2, 0.25) is 0 Å². The quantitative estimate of drug-likeness (QED) is 0.466. The van der Waals surface area contributed by atoms with Gasteiger partial charge in [-0.15, -0.1) is 0 Å². The van der Waals surface area contributed by atoms with Crippen LogP contribution in [0.1, 0.15) is 25.1 Å². The highest BCUT2D eigenvalue weighted by Gasteiger charge is 2.20. The van der Waals surface area contributed by atoms with Gasteiger partial charge in [-0.25, -0.2) is 19.3 Å². The molecule has 29 heavy (non-hydrogen) atoms. The minimum absolute atomic E-state index is 0.0166. The average molecular weight is 389 g/mol. The zero-order chi connectivity index (χ0) is 20.2. The molecule has 0 aliphatic carbocycles. The molecule has 0 spiro atoms. The minimum Gasteiger partial charge on any atom is -0.326 e. The van der Waals surface area contributed by atoms with E-state index in [0.29, 0.717) is 18.6 Å². The Morgan fingerprint density at radius 2 is 1.97 bits per heavy atom. The second-order valence-electron chi connectivity index (χ2n) is 6.87. The van der Waals surface area contributed by atoms with Gasteiger partial charge in [0.25, 0.3) is 0 Å². The van der Waals surface area contributed by atoms with Crippen LogP contribution in [0.25, 0.3) is 22.6 Å². The van der Waals surface area contributed by atoms with Gasteiger partial charge in [0.2, 0.25) is 0 Å². The Hall–Kier alpha value is -3.68. The van der Waals surface area contributed by atoms with Crippen molar-refractivity contribution in [3.05, 3.63) is 73.0 Å². The van der Waals surface area contributed by atoms with E-state index in [1.165, 1.54) is 18.5 Å². The number of halogens is 1. The minimum atomic E-state index is -0.294. The molecule has 0 fully saturated rings. The SMILES string of the molecule is CC(CC(=N)Cc1ccn[nH]1)n1cnc(-c2ccc(F)cc2)c1-c1ccncn1. The van der Waals surface area contributed by atoms with Crippen LogP contribution in [-0.2, 0) is 6.42 Å². The number of hydrogen-bond acceptors (Lipinski definition) is 5. The number of H-pyrrole nitrogens is 1. The Labute approximate surface area is 167 Å². The molecule has 146 valence electrons. The lowest BCUT2D eigenvalue weighted by Crippen LogP contribution is -2.13. The number of nitrogens with zero attached hydrogens (tertiary/aromatic N) is 5. The Bertz CT molecular complexity index is 1090. The maximum Gasteiger partial charge on any atom is 0.123 e. The first-order valence-corrected chi connectivity index (χ1v) is 9.25. The Morgan fingerprint density at radius 3 is 2.66 bits per heavy atom. The van der Waals surface area contributed by atoms with Crippen LogP contribution in [0.5, 0.6) is 0 Å². The number of nitrogens with one attached hydrogen (secondary N) is 2. The number of hydrogen-bond donors (Lipinski definition) is 2. The van der Waals surface area contributed by atoms with E-state index in [1.54, 1.807) is 30.9 Å². The zero-order valence-electron chi connectivity index (χ0n) is 15.9. The van der Waals surface area contributed by atoms with Crippen LogP contribution in [0.15, 0.2) is 61.4 Å². The van der Waals surface area contributed by atoms with Gasteiger partial charge < -0.3 is 9.98 Å². The molecule has 4 aromatic rings. The van der Waals surface area contributed by atoms with Gasteiger partial charge in [0, 0.05) is 48.2 Å². The number of imidazole rings is 1. The van der Waals surface area contributed by atoms with Crippen molar-refractivity contribution in [2.24, 2.45) is 0 Å². The molecule has 7 nitrogen and oxygen atoms in total. The van der Waals surface area contributed by atoms with Crippen molar-refractivity contribution in [1.82, 2.24) is 29.7 Å². The maximum absolute atomic E-state index is 13.4. The summed E-state index contributed by atoms with van der Waals surface area (Å²) in [5, 5.41) is 15.2. The highest BCUT2D eigenvalue weighted by molar-refractivity contribution is 5.84. The molecule has 0 aliphatic heterocycles. The van der Waals surface area contributed by atoms with Crippen LogP contribution in [-0.4, -0.2) is 35.4 Å². The fourth-order valence-electron chi connectivity index (χ4n) is 3.34. The van der Waals surface area contributed by atoms with Gasteiger partial charge in [0.15, 0.2) is 0 Å². The fraction of sp³-hybridized carbons (Fsp3) is 0.190. The second kappa shape index (κ2) is 8.14. The van der Waals surface area contributed by atoms with E-state index in [1.807, 2.05) is 23.6 Å². The Morgan fingerprint density at radius 1 is 1.14 bits per heavy atom. The summed E-state index contributed by atoms with van der Waals surface area (Å²) in [6, 6.07) is 9.92. The van der Waals surface area contributed by atoms with Crippen molar-refractivity contribution < 1.29 is 4.39 Å². The molecular formula is C21H20FN7. The fourth-order valence-corrected chi connectivity index (χ4v) is 3.34. The summed E-state index contributed by atoms with van der Waals surface area (Å²) in [7, 11) is 0. The molecule has 3 aromatic heterocycles. The highest BCUT2D eigenvalue weighted by Crippen LogP contribution is 2.33. The van der Waals surface area contributed by atoms with Crippen molar-refractivity contribution >= 4 is 5.71 Å². The van der Waals surface area contributed by atoms with E-state index < -0.39 is 0 Å². The third-order valence-electron chi connectivity index (χ3n) is 4.71. The molecule has 0 bridgehead atoms. The van der Waals surface area contributed by atoms with Crippen LogP contribution in [0.3, 0.4) is 0 Å². The topological polar surface area (TPSA) is 96.1 Å². The lowest BCUT2D eigenvalue weighted by atomic mass is 10.0. The maximum atomic E-state index is 13.4. The summed E-state index contributed by atoms with van der Waals surface area (Å²) in [5.41, 5.74) is 4.57. The van der Waals surface area contributed by atoms with E-state index in [-0.39, 0.29) is 11.9 Å². The van der Waals surface area contributed by atoms with Gasteiger partial charge in [-0.2, -0.15) is 5.10 Å². The Kier molecular flexibility index (Phi) is 5.24. The van der Waals surface area contributed by atoms with Crippen molar-refractivity contribution in [2.45, 2.75) is 25.8 Å². The largest absolute Gasteiger partial charge is 0.326 e. The van der Waals surface area contributed by atoms with Gasteiger partial charge in [0.1, 0.15) is 12.1 Å². The third kappa shape index (κ3) is 4.11. The number of aromatic amines is 1. The highest BCUT2D eigenvalue weighted by atomic mass is 19.1. The molecule has 4 rings (SSSR count). The molecule has 8 heteroatoms. The third-order valence-corrected chi connectivity index (χ3v) is 4.71. The summed E-state index contributed by atoms with van der Waals surface area (Å²) in [6.07, 6.45) is 7.68. The van der Waals surface area contributed by atoms with E-state index in [9.17, 15) is 4.39 Å². The molecule has 0 saturated heterocycles. The summed E-state index contributed by atoms with van der Waals surface area (Å²) >= 11 is 0. The van der Waals surface area contributed by atoms with E-state index in [4.69, 9.17) is 5.41 Å². The van der Waals surface area contributed by atoms with Crippen LogP contribution in [0.4, 0.5) is 4.39 Å². The first-order chi connectivity index (χ1) is 14.1. The smallest absolute Gasteiger partial charge is 0.123 e. The van der Waals surface area contributed by atoms with Crippen molar-refractivity contribution in [3.63, 3.8) is 0 Å². The first kappa shape index (κ1) is 18.7. The standard InChI is InChI=1S/C21H20FN7/c1-14(10-17(23)11-18-6-9-27-28-18)29-13-26-20(15-2-4-16(22)5-3-15)21(29)19-7-8-24-12-25-19/h2-9,12-14,23H,10-11H2,1H3,(H,27,28). The number of aromatic nitrogens is 6. The molecule has 3 heterocycles. The molecular weight excluding hydrogens is 369 g/mol. The lowest BCUT2D eigenvalue weighted by Gasteiger charge is -2.17. The molecule has 0 aliphatic rings. The molecule has 1 atom stereocenters. The molecule has 1 unspecified atom stereocenters. The molecule has 0 amide bonds. The molecule has 0 radical (unpaired) electrons. The van der Waals surface area contributed by atoms with Crippen LogP contribution in [0, 0.1) is 11.2 Å². The lowest BCUT2D eigenvalue weighted by molar-refractivity contribution is 0.568. The summed E-state index contributed by atoms with van der Waals surface area (Å²) < 4.78 is 15.4. The molecule has 2 N–H and O–H groups in total. The number of rotatable bonds is 7. The predicted octanol–water partition coefficient (Wildman–Crippen LogP) is 4.08. The van der Waals surface area contributed by atoms with Crippen molar-refractivity contribution in [3.8, 4) is 22.6 Å². The monoisotopic (exact) mass is 389 g/mol. The summed E-state index contributed by atoms with van der Waals surface area (Å²) in [4.78, 5) is 13.0. The van der Waals surface area contributed by atoms with Crippen LogP contribution < -0.4 is 0 Å².